The Morgan fingerprint density at radius 3 is 2.45 bits per heavy atom. The van der Waals surface area contributed by atoms with Crippen molar-refractivity contribution in [2.45, 2.75) is 97.1 Å². The molecule has 2 heteroatoms. The van der Waals surface area contributed by atoms with Crippen LogP contribution in [0.5, 0.6) is 0 Å². The van der Waals surface area contributed by atoms with Gasteiger partial charge >= 0.3 is 0 Å². The molecule has 3 unspecified atom stereocenters. The Labute approximate surface area is 127 Å². The molecule has 0 aromatic carbocycles. The maximum atomic E-state index is 5.90. The summed E-state index contributed by atoms with van der Waals surface area (Å²) in [5.41, 5.74) is 0. The number of hydrogen-bond donors (Lipinski definition) is 1. The van der Waals surface area contributed by atoms with Gasteiger partial charge in [-0.25, -0.2) is 0 Å². The lowest BCUT2D eigenvalue weighted by Gasteiger charge is -2.28. The molecule has 1 saturated heterocycles. The van der Waals surface area contributed by atoms with Crippen molar-refractivity contribution < 1.29 is 4.74 Å². The lowest BCUT2D eigenvalue weighted by Crippen LogP contribution is -2.40. The van der Waals surface area contributed by atoms with Gasteiger partial charge in [0.2, 0.25) is 0 Å². The fraction of sp³-hybridized carbons (Fsp3) is 1.00. The SMILES string of the molecule is CCCCCCCCC(NCCC)C1CCOC1CC. The van der Waals surface area contributed by atoms with Crippen LogP contribution < -0.4 is 5.32 Å². The van der Waals surface area contributed by atoms with Gasteiger partial charge in [-0.1, -0.05) is 59.3 Å². The van der Waals surface area contributed by atoms with E-state index in [-0.39, 0.29) is 0 Å². The predicted octanol–water partition coefficient (Wildman–Crippen LogP) is 4.92. The molecule has 1 rings (SSSR count). The van der Waals surface area contributed by atoms with Gasteiger partial charge in [0.1, 0.15) is 0 Å². The quantitative estimate of drug-likeness (QED) is 0.513. The van der Waals surface area contributed by atoms with E-state index in [0.29, 0.717) is 12.1 Å². The zero-order valence-corrected chi connectivity index (χ0v) is 14.1. The molecule has 0 amide bonds. The van der Waals surface area contributed by atoms with Crippen LogP contribution in [0.2, 0.25) is 0 Å². The van der Waals surface area contributed by atoms with Gasteiger partial charge in [-0.2, -0.15) is 0 Å². The molecule has 1 aliphatic heterocycles. The van der Waals surface area contributed by atoms with Crippen molar-refractivity contribution in [3.8, 4) is 0 Å². The van der Waals surface area contributed by atoms with Gasteiger partial charge < -0.3 is 10.1 Å². The number of unbranched alkanes of at least 4 members (excludes halogenated alkanes) is 5. The molecular weight excluding hydrogens is 246 g/mol. The van der Waals surface area contributed by atoms with Crippen molar-refractivity contribution in [3.05, 3.63) is 0 Å². The predicted molar refractivity (Wildman–Crippen MR) is 88.2 cm³/mol. The Bertz CT molecular complexity index is 219. The molecule has 1 fully saturated rings. The van der Waals surface area contributed by atoms with Gasteiger partial charge in [0.05, 0.1) is 6.10 Å². The fourth-order valence-electron chi connectivity index (χ4n) is 3.49. The van der Waals surface area contributed by atoms with E-state index < -0.39 is 0 Å². The summed E-state index contributed by atoms with van der Waals surface area (Å²) in [6, 6.07) is 0.688. The molecule has 0 aliphatic carbocycles. The summed E-state index contributed by atoms with van der Waals surface area (Å²) in [7, 11) is 0. The number of ether oxygens (including phenoxy) is 1. The van der Waals surface area contributed by atoms with E-state index in [1.54, 1.807) is 0 Å². The molecule has 20 heavy (non-hydrogen) atoms. The lowest BCUT2D eigenvalue weighted by atomic mass is 9.87. The topological polar surface area (TPSA) is 21.3 Å². The maximum Gasteiger partial charge on any atom is 0.0616 e. The third-order valence-corrected chi connectivity index (χ3v) is 4.71. The second-order valence-corrected chi connectivity index (χ2v) is 6.39. The van der Waals surface area contributed by atoms with Crippen LogP contribution in [0.3, 0.4) is 0 Å². The second kappa shape index (κ2) is 11.6. The van der Waals surface area contributed by atoms with Crippen LogP contribution in [-0.4, -0.2) is 25.3 Å². The molecule has 0 aromatic rings. The van der Waals surface area contributed by atoms with Crippen LogP contribution in [-0.2, 0) is 4.74 Å². The number of rotatable bonds is 12. The zero-order chi connectivity index (χ0) is 14.6. The molecule has 0 saturated carbocycles. The minimum Gasteiger partial charge on any atom is -0.378 e. The number of nitrogens with one attached hydrogen (secondary N) is 1. The summed E-state index contributed by atoms with van der Waals surface area (Å²) in [5.74, 6) is 0.752. The molecule has 2 nitrogen and oxygen atoms in total. The van der Waals surface area contributed by atoms with E-state index in [0.717, 1.165) is 19.1 Å². The lowest BCUT2D eigenvalue weighted by molar-refractivity contribution is 0.0761. The van der Waals surface area contributed by atoms with Crippen LogP contribution >= 0.6 is 0 Å². The van der Waals surface area contributed by atoms with Crippen molar-refractivity contribution >= 4 is 0 Å². The van der Waals surface area contributed by atoms with Crippen LogP contribution in [0.25, 0.3) is 0 Å². The smallest absolute Gasteiger partial charge is 0.0616 e. The highest BCUT2D eigenvalue weighted by Gasteiger charge is 2.32. The average Bonchev–Trinajstić information content (AvgIpc) is 2.94. The molecule has 1 heterocycles. The second-order valence-electron chi connectivity index (χ2n) is 6.39. The molecule has 0 bridgehead atoms. The first kappa shape index (κ1) is 18.0. The summed E-state index contributed by atoms with van der Waals surface area (Å²) < 4.78 is 5.90. The van der Waals surface area contributed by atoms with E-state index in [9.17, 15) is 0 Å². The van der Waals surface area contributed by atoms with Crippen molar-refractivity contribution in [1.82, 2.24) is 5.32 Å². The van der Waals surface area contributed by atoms with Crippen molar-refractivity contribution in [2.75, 3.05) is 13.2 Å². The van der Waals surface area contributed by atoms with Crippen molar-refractivity contribution in [1.29, 1.82) is 0 Å². The largest absolute Gasteiger partial charge is 0.378 e. The average molecular weight is 284 g/mol. The third-order valence-electron chi connectivity index (χ3n) is 4.71. The van der Waals surface area contributed by atoms with Crippen LogP contribution in [0, 0.1) is 5.92 Å². The van der Waals surface area contributed by atoms with Gasteiger partial charge in [0, 0.05) is 18.6 Å². The molecule has 3 atom stereocenters. The molecule has 0 aromatic heterocycles. The van der Waals surface area contributed by atoms with Gasteiger partial charge in [-0.05, 0) is 32.2 Å². The highest BCUT2D eigenvalue weighted by molar-refractivity contribution is 4.85. The van der Waals surface area contributed by atoms with E-state index in [1.165, 1.54) is 64.2 Å². The maximum absolute atomic E-state index is 5.90. The van der Waals surface area contributed by atoms with Crippen LogP contribution in [0.4, 0.5) is 0 Å². The van der Waals surface area contributed by atoms with Gasteiger partial charge in [0.15, 0.2) is 0 Å². The summed E-state index contributed by atoms with van der Waals surface area (Å²) in [5, 5.41) is 3.80. The van der Waals surface area contributed by atoms with E-state index in [1.807, 2.05) is 0 Å². The highest BCUT2D eigenvalue weighted by atomic mass is 16.5. The van der Waals surface area contributed by atoms with Crippen LogP contribution in [0.15, 0.2) is 0 Å². The minimum atomic E-state index is 0.504. The Kier molecular flexibility index (Phi) is 10.4. The molecule has 0 radical (unpaired) electrons. The summed E-state index contributed by atoms with van der Waals surface area (Å²) >= 11 is 0. The third kappa shape index (κ3) is 6.58. The Hall–Kier alpha value is -0.0800. The normalized spacial score (nSPS) is 24.1. The first-order valence-electron chi connectivity index (χ1n) is 9.18. The Balaban J connectivity index is 2.28. The van der Waals surface area contributed by atoms with Crippen LogP contribution in [0.1, 0.15) is 85.0 Å². The molecule has 0 spiro atoms. The minimum absolute atomic E-state index is 0.504. The summed E-state index contributed by atoms with van der Waals surface area (Å²) in [6.07, 6.45) is 13.9. The highest BCUT2D eigenvalue weighted by Crippen LogP contribution is 2.29. The molecule has 1 aliphatic rings. The Morgan fingerprint density at radius 2 is 1.75 bits per heavy atom. The fourth-order valence-corrected chi connectivity index (χ4v) is 3.49. The van der Waals surface area contributed by atoms with Crippen molar-refractivity contribution in [2.24, 2.45) is 5.92 Å². The van der Waals surface area contributed by atoms with Gasteiger partial charge in [0.25, 0.3) is 0 Å². The summed E-state index contributed by atoms with van der Waals surface area (Å²) in [6.45, 7) is 8.95. The molecule has 1 N–H and O–H groups in total. The first-order valence-corrected chi connectivity index (χ1v) is 9.18. The van der Waals surface area contributed by atoms with E-state index in [4.69, 9.17) is 4.74 Å². The molecular formula is C18H37NO. The molecule has 120 valence electrons. The summed E-state index contributed by atoms with van der Waals surface area (Å²) in [4.78, 5) is 0. The van der Waals surface area contributed by atoms with Crippen molar-refractivity contribution in [3.63, 3.8) is 0 Å². The standard InChI is InChI=1S/C18H37NO/c1-4-7-8-9-10-11-12-17(19-14-5-2)16-13-15-20-18(16)6-3/h16-19H,4-15H2,1-3H3. The first-order chi connectivity index (χ1) is 9.83. The van der Waals surface area contributed by atoms with Gasteiger partial charge in [-0.3, -0.25) is 0 Å². The monoisotopic (exact) mass is 283 g/mol. The Morgan fingerprint density at radius 1 is 1.00 bits per heavy atom. The van der Waals surface area contributed by atoms with E-state index in [2.05, 4.69) is 26.1 Å². The van der Waals surface area contributed by atoms with Gasteiger partial charge in [-0.15, -0.1) is 0 Å². The zero-order valence-electron chi connectivity index (χ0n) is 14.1. The number of hydrogen-bond acceptors (Lipinski definition) is 2. The van der Waals surface area contributed by atoms with E-state index >= 15 is 0 Å².